The third kappa shape index (κ3) is 4.53. The molecule has 1 N–H and O–H groups in total. The highest BCUT2D eigenvalue weighted by atomic mass is 35.5. The molecule has 1 saturated heterocycles. The summed E-state index contributed by atoms with van der Waals surface area (Å²) >= 11 is 6.34. The summed E-state index contributed by atoms with van der Waals surface area (Å²) in [6.45, 7) is 3.05. The number of ether oxygens (including phenoxy) is 1. The number of nitrogens with one attached hydrogen (secondary N) is 1. The standard InChI is InChI=1S/C22H20ClN3O3S/c1-15-2-9-21(24-13-15)19-12-17(5-8-20(19)23)25-22(27)16-3-6-18(7-4-16)26-10-11-29-14-30(26)28/h2-9,12-13H,10-11,14H2,1H3,(H,25,27). The Hall–Kier alpha value is -2.74. The number of benzene rings is 2. The van der Waals surface area contributed by atoms with Crippen LogP contribution in [-0.4, -0.2) is 34.2 Å². The fourth-order valence-corrected chi connectivity index (χ4v) is 4.34. The zero-order valence-electron chi connectivity index (χ0n) is 16.3. The smallest absolute Gasteiger partial charge is 0.255 e. The summed E-state index contributed by atoms with van der Waals surface area (Å²) < 4.78 is 19.0. The van der Waals surface area contributed by atoms with Gasteiger partial charge < -0.3 is 10.1 Å². The maximum atomic E-state index is 12.7. The average molecular weight is 442 g/mol. The largest absolute Gasteiger partial charge is 0.364 e. The summed E-state index contributed by atoms with van der Waals surface area (Å²) in [5.74, 6) is -0.0495. The molecule has 1 aliphatic heterocycles. The Labute approximate surface area is 182 Å². The minimum absolute atomic E-state index is 0.191. The Kier molecular flexibility index (Phi) is 6.13. The monoisotopic (exact) mass is 441 g/mol. The minimum atomic E-state index is -1.21. The van der Waals surface area contributed by atoms with E-state index in [1.165, 1.54) is 0 Å². The van der Waals surface area contributed by atoms with Crippen molar-refractivity contribution < 1.29 is 13.7 Å². The Morgan fingerprint density at radius 2 is 1.97 bits per heavy atom. The molecule has 1 aromatic heterocycles. The van der Waals surface area contributed by atoms with Crippen molar-refractivity contribution in [3.8, 4) is 11.3 Å². The summed E-state index contributed by atoms with van der Waals surface area (Å²) in [7, 11) is -1.21. The first-order chi connectivity index (χ1) is 14.5. The van der Waals surface area contributed by atoms with E-state index in [1.807, 2.05) is 25.1 Å². The normalized spacial score (nSPS) is 16.3. The predicted molar refractivity (Wildman–Crippen MR) is 120 cm³/mol. The van der Waals surface area contributed by atoms with Crippen LogP contribution in [0.25, 0.3) is 11.3 Å². The first-order valence-electron chi connectivity index (χ1n) is 9.39. The molecule has 0 saturated carbocycles. The van der Waals surface area contributed by atoms with Crippen molar-refractivity contribution in [2.45, 2.75) is 6.92 Å². The van der Waals surface area contributed by atoms with E-state index in [1.54, 1.807) is 46.9 Å². The predicted octanol–water partition coefficient (Wildman–Crippen LogP) is 4.42. The van der Waals surface area contributed by atoms with Gasteiger partial charge in [-0.25, -0.2) is 4.21 Å². The van der Waals surface area contributed by atoms with E-state index in [2.05, 4.69) is 10.3 Å². The number of rotatable bonds is 4. The molecule has 2 heterocycles. The first kappa shape index (κ1) is 20.5. The van der Waals surface area contributed by atoms with Crippen molar-refractivity contribution in [1.82, 2.24) is 4.98 Å². The van der Waals surface area contributed by atoms with Crippen LogP contribution < -0.4 is 9.62 Å². The molecular weight excluding hydrogens is 422 g/mol. The molecular formula is C22H20ClN3O3S. The van der Waals surface area contributed by atoms with Gasteiger partial charge in [0.15, 0.2) is 0 Å². The number of pyridine rings is 1. The molecule has 6 nitrogen and oxygen atoms in total. The maximum absolute atomic E-state index is 12.7. The Bertz CT molecular complexity index is 1090. The maximum Gasteiger partial charge on any atom is 0.255 e. The van der Waals surface area contributed by atoms with Crippen molar-refractivity contribution in [3.63, 3.8) is 0 Å². The zero-order chi connectivity index (χ0) is 21.1. The molecule has 1 aliphatic rings. The van der Waals surface area contributed by atoms with Gasteiger partial charge in [-0.3, -0.25) is 14.1 Å². The highest BCUT2D eigenvalue weighted by Crippen LogP contribution is 2.29. The van der Waals surface area contributed by atoms with Crippen molar-refractivity contribution in [1.29, 1.82) is 0 Å². The molecule has 8 heteroatoms. The van der Waals surface area contributed by atoms with Crippen LogP contribution in [0.4, 0.5) is 11.4 Å². The van der Waals surface area contributed by atoms with Gasteiger partial charge in [0.25, 0.3) is 5.91 Å². The highest BCUT2D eigenvalue weighted by Gasteiger charge is 2.19. The van der Waals surface area contributed by atoms with Crippen LogP contribution in [0.1, 0.15) is 15.9 Å². The molecule has 0 radical (unpaired) electrons. The average Bonchev–Trinajstić information content (AvgIpc) is 2.76. The lowest BCUT2D eigenvalue weighted by molar-refractivity contribution is 0.102. The van der Waals surface area contributed by atoms with Crippen molar-refractivity contribution >= 4 is 39.9 Å². The number of carbonyl (C=O) groups is 1. The SMILES string of the molecule is Cc1ccc(-c2cc(NC(=O)c3ccc(N4CCOCS4=O)cc3)ccc2Cl)nc1. The fraction of sp³-hybridized carbons (Fsp3) is 0.182. The topological polar surface area (TPSA) is 71.5 Å². The summed E-state index contributed by atoms with van der Waals surface area (Å²) in [6, 6.07) is 16.2. The number of aromatic nitrogens is 1. The second kappa shape index (κ2) is 8.95. The third-order valence-corrected chi connectivity index (χ3v) is 6.28. The van der Waals surface area contributed by atoms with E-state index in [9.17, 15) is 9.00 Å². The Balaban J connectivity index is 1.50. The minimum Gasteiger partial charge on any atom is -0.364 e. The van der Waals surface area contributed by atoms with Crippen LogP contribution >= 0.6 is 11.6 Å². The number of anilines is 2. The van der Waals surface area contributed by atoms with Crippen molar-refractivity contribution in [3.05, 3.63) is 76.9 Å². The Morgan fingerprint density at radius 3 is 2.67 bits per heavy atom. The molecule has 154 valence electrons. The molecule has 30 heavy (non-hydrogen) atoms. The van der Waals surface area contributed by atoms with Crippen LogP contribution in [0.2, 0.25) is 5.02 Å². The molecule has 1 amide bonds. The first-order valence-corrected chi connectivity index (χ1v) is 11.0. The molecule has 1 fully saturated rings. The summed E-state index contributed by atoms with van der Waals surface area (Å²) in [6.07, 6.45) is 1.78. The lowest BCUT2D eigenvalue weighted by Crippen LogP contribution is -2.36. The molecule has 2 aromatic carbocycles. The Morgan fingerprint density at radius 1 is 1.17 bits per heavy atom. The van der Waals surface area contributed by atoms with Gasteiger partial charge in [-0.05, 0) is 61.0 Å². The molecule has 0 spiro atoms. The van der Waals surface area contributed by atoms with Crippen molar-refractivity contribution in [2.75, 3.05) is 28.7 Å². The van der Waals surface area contributed by atoms with E-state index in [4.69, 9.17) is 16.3 Å². The molecule has 0 aliphatic carbocycles. The summed E-state index contributed by atoms with van der Waals surface area (Å²) in [4.78, 5) is 17.1. The van der Waals surface area contributed by atoms with E-state index >= 15 is 0 Å². The quantitative estimate of drug-likeness (QED) is 0.650. The lowest BCUT2D eigenvalue weighted by Gasteiger charge is -2.27. The fourth-order valence-electron chi connectivity index (χ4n) is 3.10. The van der Waals surface area contributed by atoms with Gasteiger partial charge >= 0.3 is 0 Å². The number of hydrogen-bond donors (Lipinski definition) is 1. The second-order valence-corrected chi connectivity index (χ2v) is 8.59. The summed E-state index contributed by atoms with van der Waals surface area (Å²) in [5, 5.41) is 3.46. The van der Waals surface area contributed by atoms with Gasteiger partial charge in [0.1, 0.15) is 16.9 Å². The lowest BCUT2D eigenvalue weighted by atomic mass is 10.1. The van der Waals surface area contributed by atoms with Crippen LogP contribution in [0.5, 0.6) is 0 Å². The molecule has 4 rings (SSSR count). The molecule has 1 unspecified atom stereocenters. The number of hydrogen-bond acceptors (Lipinski definition) is 4. The van der Waals surface area contributed by atoms with Crippen LogP contribution in [0, 0.1) is 6.92 Å². The second-order valence-electron chi connectivity index (χ2n) is 6.87. The molecule has 3 aromatic rings. The van der Waals surface area contributed by atoms with E-state index in [-0.39, 0.29) is 11.8 Å². The third-order valence-electron chi connectivity index (χ3n) is 4.70. The van der Waals surface area contributed by atoms with E-state index in [0.717, 1.165) is 22.5 Å². The van der Waals surface area contributed by atoms with Gasteiger partial charge in [0.2, 0.25) is 0 Å². The van der Waals surface area contributed by atoms with Gasteiger partial charge in [0, 0.05) is 28.7 Å². The van der Waals surface area contributed by atoms with Gasteiger partial charge in [0.05, 0.1) is 23.9 Å². The van der Waals surface area contributed by atoms with Crippen LogP contribution in [-0.2, 0) is 15.7 Å². The highest BCUT2D eigenvalue weighted by molar-refractivity contribution is 7.86. The van der Waals surface area contributed by atoms with Gasteiger partial charge in [-0.1, -0.05) is 17.7 Å². The summed E-state index contributed by atoms with van der Waals surface area (Å²) in [5.41, 5.74) is 4.48. The zero-order valence-corrected chi connectivity index (χ0v) is 17.9. The van der Waals surface area contributed by atoms with Crippen molar-refractivity contribution in [2.24, 2.45) is 0 Å². The van der Waals surface area contributed by atoms with E-state index in [0.29, 0.717) is 29.4 Å². The number of nitrogens with zero attached hydrogens (tertiary/aromatic N) is 2. The van der Waals surface area contributed by atoms with Gasteiger partial charge in [-0.15, -0.1) is 0 Å². The number of carbonyl (C=O) groups excluding carboxylic acids is 1. The van der Waals surface area contributed by atoms with Crippen LogP contribution in [0.3, 0.4) is 0 Å². The van der Waals surface area contributed by atoms with Gasteiger partial charge in [-0.2, -0.15) is 0 Å². The molecule has 1 atom stereocenters. The van der Waals surface area contributed by atoms with E-state index < -0.39 is 11.0 Å². The number of halogens is 1. The number of aryl methyl sites for hydroxylation is 1. The molecule has 0 bridgehead atoms. The number of amides is 1. The van der Waals surface area contributed by atoms with Crippen LogP contribution in [0.15, 0.2) is 60.8 Å².